The van der Waals surface area contributed by atoms with Crippen LogP contribution in [0.2, 0.25) is 0 Å². The third-order valence-electron chi connectivity index (χ3n) is 4.80. The molecule has 0 aliphatic carbocycles. The molecule has 30 heavy (non-hydrogen) atoms. The van der Waals surface area contributed by atoms with E-state index in [1.54, 1.807) is 5.01 Å². The quantitative estimate of drug-likeness (QED) is 0.277. The molecule has 2 aromatic rings. The van der Waals surface area contributed by atoms with Crippen molar-refractivity contribution >= 4 is 5.69 Å². The largest absolute Gasteiger partial charge is 0.507 e. The predicted molar refractivity (Wildman–Crippen MR) is 129 cm³/mol. The second-order valence-electron chi connectivity index (χ2n) is 9.51. The molecular weight excluding hydrogens is 370 g/mol. The molecule has 0 heterocycles. The van der Waals surface area contributed by atoms with Crippen molar-refractivity contribution in [2.45, 2.75) is 66.2 Å². The molecular formula is C26H39N3O. The molecule has 0 aromatic heterocycles. The summed E-state index contributed by atoms with van der Waals surface area (Å²) in [5, 5.41) is 12.5. The summed E-state index contributed by atoms with van der Waals surface area (Å²) in [6.45, 7) is 18.6. The van der Waals surface area contributed by atoms with Crippen LogP contribution in [0.3, 0.4) is 0 Å². The molecule has 4 heteroatoms. The van der Waals surface area contributed by atoms with Crippen LogP contribution in [0.4, 0.5) is 5.69 Å². The summed E-state index contributed by atoms with van der Waals surface area (Å²) >= 11 is 0. The highest BCUT2D eigenvalue weighted by molar-refractivity contribution is 5.55. The molecule has 0 unspecified atom stereocenters. The topological polar surface area (TPSA) is 75.5 Å². The van der Waals surface area contributed by atoms with E-state index in [0.717, 1.165) is 41.0 Å². The van der Waals surface area contributed by atoms with Gasteiger partial charge in [0.05, 0.1) is 0 Å². The lowest BCUT2D eigenvalue weighted by Gasteiger charge is -2.27. The fraction of sp³-hybridized carbons (Fsp3) is 0.462. The molecule has 0 fully saturated rings. The van der Waals surface area contributed by atoms with Gasteiger partial charge in [0.15, 0.2) is 0 Å². The molecule has 0 saturated heterocycles. The highest BCUT2D eigenvalue weighted by atomic mass is 16.3. The van der Waals surface area contributed by atoms with Crippen LogP contribution in [0.15, 0.2) is 36.4 Å². The maximum atomic E-state index is 10.7. The van der Waals surface area contributed by atoms with Crippen LogP contribution < -0.4 is 11.6 Å². The number of nitrogens with two attached hydrogens (primary N) is 2. The monoisotopic (exact) mass is 409 g/mol. The van der Waals surface area contributed by atoms with Crippen molar-refractivity contribution in [3.05, 3.63) is 58.7 Å². The fourth-order valence-electron chi connectivity index (χ4n) is 2.78. The van der Waals surface area contributed by atoms with Gasteiger partial charge >= 0.3 is 0 Å². The minimum atomic E-state index is -0.150. The Bertz CT molecular complexity index is 837. The summed E-state index contributed by atoms with van der Waals surface area (Å²) in [7, 11) is 0. The second kappa shape index (κ2) is 10.5. The molecule has 0 aliphatic rings. The Morgan fingerprint density at radius 1 is 0.800 bits per heavy atom. The minimum absolute atomic E-state index is 0.150. The summed E-state index contributed by atoms with van der Waals surface area (Å²) in [6, 6.07) is 11.5. The molecule has 2 aromatic carbocycles. The van der Waals surface area contributed by atoms with Crippen molar-refractivity contribution in [2.75, 3.05) is 18.8 Å². The smallest absolute Gasteiger partial charge is 0.123 e. The first kappa shape index (κ1) is 25.6. The highest BCUT2D eigenvalue weighted by Gasteiger charge is 2.26. The fourth-order valence-corrected chi connectivity index (χ4v) is 2.78. The first-order valence-electron chi connectivity index (χ1n) is 10.5. The molecule has 0 atom stereocenters. The molecule has 0 aliphatic heterocycles. The van der Waals surface area contributed by atoms with Crippen molar-refractivity contribution < 1.29 is 5.11 Å². The van der Waals surface area contributed by atoms with E-state index >= 15 is 0 Å². The van der Waals surface area contributed by atoms with E-state index in [0.29, 0.717) is 5.75 Å². The van der Waals surface area contributed by atoms with Gasteiger partial charge in [-0.2, -0.15) is 0 Å². The summed E-state index contributed by atoms with van der Waals surface area (Å²) < 4.78 is 0. The Labute approximate surface area is 183 Å². The van der Waals surface area contributed by atoms with E-state index in [1.807, 2.05) is 50.2 Å². The van der Waals surface area contributed by atoms with E-state index in [-0.39, 0.29) is 10.8 Å². The first-order chi connectivity index (χ1) is 13.8. The molecule has 2 rings (SSSR count). The lowest BCUT2D eigenvalue weighted by atomic mass is 9.78. The number of hydrogen-bond acceptors (Lipinski definition) is 4. The second-order valence-corrected chi connectivity index (χ2v) is 9.51. The van der Waals surface area contributed by atoms with E-state index < -0.39 is 0 Å². The normalized spacial score (nSPS) is 11.4. The van der Waals surface area contributed by atoms with E-state index in [9.17, 15) is 5.11 Å². The number of nitrogen functional groups attached to an aromatic ring is 1. The van der Waals surface area contributed by atoms with E-state index in [2.05, 4.69) is 53.4 Å². The summed E-state index contributed by atoms with van der Waals surface area (Å²) in [6.07, 6.45) is 0. The number of benzene rings is 2. The van der Waals surface area contributed by atoms with Crippen LogP contribution in [0, 0.1) is 11.8 Å². The average Bonchev–Trinajstić information content (AvgIpc) is 2.66. The zero-order valence-electron chi connectivity index (χ0n) is 19.9. The highest BCUT2D eigenvalue weighted by Crippen LogP contribution is 2.39. The number of phenols is 1. The number of hydrogen-bond donors (Lipinski definition) is 3. The lowest BCUT2D eigenvalue weighted by Crippen LogP contribution is -2.29. The van der Waals surface area contributed by atoms with Gasteiger partial charge in [0.25, 0.3) is 0 Å². The number of hydrazine groups is 1. The summed E-state index contributed by atoms with van der Waals surface area (Å²) in [5.74, 6) is 12.1. The molecule has 4 nitrogen and oxygen atoms in total. The minimum Gasteiger partial charge on any atom is -0.507 e. The van der Waals surface area contributed by atoms with Crippen LogP contribution in [0.1, 0.15) is 77.6 Å². The van der Waals surface area contributed by atoms with E-state index in [1.165, 1.54) is 0 Å². The van der Waals surface area contributed by atoms with Crippen LogP contribution >= 0.6 is 0 Å². The Morgan fingerprint density at radius 3 is 1.53 bits per heavy atom. The number of rotatable bonds is 2. The summed E-state index contributed by atoms with van der Waals surface area (Å²) in [4.78, 5) is 0. The zero-order chi connectivity index (χ0) is 23.1. The Hall–Kier alpha value is -2.48. The van der Waals surface area contributed by atoms with Crippen LogP contribution in [-0.2, 0) is 10.8 Å². The van der Waals surface area contributed by atoms with Gasteiger partial charge in [0, 0.05) is 41.0 Å². The van der Waals surface area contributed by atoms with Crippen molar-refractivity contribution in [3.63, 3.8) is 0 Å². The number of nitrogens with zero attached hydrogens (tertiary/aromatic N) is 1. The van der Waals surface area contributed by atoms with Gasteiger partial charge in [0.2, 0.25) is 0 Å². The maximum absolute atomic E-state index is 10.7. The molecule has 0 amide bonds. The van der Waals surface area contributed by atoms with E-state index in [4.69, 9.17) is 11.6 Å². The SMILES string of the molecule is CC(C)(C)c1cc(C#Cc2ccc(N)cc2)cc(C(C)(C)C)c1O.CCN(N)CC. The van der Waals surface area contributed by atoms with Crippen molar-refractivity contribution in [1.29, 1.82) is 0 Å². The van der Waals surface area contributed by atoms with Crippen LogP contribution in [0.25, 0.3) is 0 Å². The van der Waals surface area contributed by atoms with Crippen molar-refractivity contribution in [3.8, 4) is 17.6 Å². The Morgan fingerprint density at radius 2 is 1.20 bits per heavy atom. The Kier molecular flexibility index (Phi) is 8.96. The molecule has 164 valence electrons. The summed E-state index contributed by atoms with van der Waals surface area (Å²) in [5.41, 5.74) is 9.84. The molecule has 0 saturated carbocycles. The van der Waals surface area contributed by atoms with Crippen molar-refractivity contribution in [2.24, 2.45) is 5.84 Å². The van der Waals surface area contributed by atoms with Gasteiger partial charge in [-0.1, -0.05) is 67.2 Å². The number of phenolic OH excluding ortho intramolecular Hbond substituents is 1. The third-order valence-corrected chi connectivity index (χ3v) is 4.80. The van der Waals surface area contributed by atoms with Gasteiger partial charge < -0.3 is 10.8 Å². The molecule has 0 radical (unpaired) electrons. The molecule has 5 N–H and O–H groups in total. The standard InChI is InChI=1S/C22H27NO.C4H12N2/c1-21(2,3)18-13-16(14-19(20(18)24)22(4,5)6)8-7-15-9-11-17(23)12-10-15;1-3-6(5)4-2/h9-14,24H,23H2,1-6H3;3-5H2,1-2H3. The maximum Gasteiger partial charge on any atom is 0.123 e. The third kappa shape index (κ3) is 7.74. The van der Waals surface area contributed by atoms with Gasteiger partial charge in [-0.15, -0.1) is 0 Å². The Balaban J connectivity index is 0.000000656. The molecule has 0 spiro atoms. The first-order valence-corrected chi connectivity index (χ1v) is 10.5. The van der Waals surface area contributed by atoms with Crippen molar-refractivity contribution in [1.82, 2.24) is 5.01 Å². The lowest BCUT2D eigenvalue weighted by molar-refractivity contribution is 0.316. The van der Waals surface area contributed by atoms with Gasteiger partial charge in [0.1, 0.15) is 5.75 Å². The van der Waals surface area contributed by atoms with Gasteiger partial charge in [-0.3, -0.25) is 5.84 Å². The average molecular weight is 410 g/mol. The number of aromatic hydroxyl groups is 1. The predicted octanol–water partition coefficient (Wildman–Crippen LogP) is 5.17. The molecule has 0 bridgehead atoms. The number of anilines is 1. The van der Waals surface area contributed by atoms with Gasteiger partial charge in [-0.25, -0.2) is 5.01 Å². The van der Waals surface area contributed by atoms with Gasteiger partial charge in [-0.05, 0) is 47.2 Å². The van der Waals surface area contributed by atoms with Crippen LogP contribution in [-0.4, -0.2) is 23.2 Å². The zero-order valence-corrected chi connectivity index (χ0v) is 19.9. The van der Waals surface area contributed by atoms with Crippen LogP contribution in [0.5, 0.6) is 5.75 Å².